The fourth-order valence-corrected chi connectivity index (χ4v) is 2.63. The van der Waals surface area contributed by atoms with Crippen molar-refractivity contribution in [2.45, 2.75) is 26.3 Å². The molecule has 1 N–H and O–H groups in total. The van der Waals surface area contributed by atoms with Crippen molar-refractivity contribution in [3.8, 4) is 0 Å². The molecule has 7 heteroatoms. The fourth-order valence-electron chi connectivity index (χ4n) is 2.63. The van der Waals surface area contributed by atoms with Crippen LogP contribution in [0.4, 0.5) is 0 Å². The van der Waals surface area contributed by atoms with Gasteiger partial charge in [0.05, 0.1) is 6.54 Å². The predicted molar refractivity (Wildman–Crippen MR) is 84.0 cm³/mol. The van der Waals surface area contributed by atoms with E-state index < -0.39 is 0 Å². The first kappa shape index (κ1) is 15.6. The average molecular weight is 315 g/mol. The molecular weight excluding hydrogens is 294 g/mol. The highest BCUT2D eigenvalue weighted by atomic mass is 16.5. The van der Waals surface area contributed by atoms with Gasteiger partial charge in [0.1, 0.15) is 5.82 Å². The van der Waals surface area contributed by atoms with Crippen molar-refractivity contribution in [2.24, 2.45) is 5.92 Å². The van der Waals surface area contributed by atoms with Crippen molar-refractivity contribution >= 4 is 5.91 Å². The lowest BCUT2D eigenvalue weighted by atomic mass is 10.1. The Labute approximate surface area is 135 Å². The van der Waals surface area contributed by atoms with Gasteiger partial charge in [0, 0.05) is 25.3 Å². The molecule has 0 aliphatic carbocycles. The van der Waals surface area contributed by atoms with E-state index >= 15 is 0 Å². The number of tetrazole rings is 1. The molecule has 0 saturated carbocycles. The lowest BCUT2D eigenvalue weighted by molar-refractivity contribution is 0.0950. The van der Waals surface area contributed by atoms with E-state index in [1.165, 1.54) is 0 Å². The Morgan fingerprint density at radius 2 is 2.22 bits per heavy atom. The third kappa shape index (κ3) is 4.13. The van der Waals surface area contributed by atoms with Gasteiger partial charge in [-0.3, -0.25) is 4.79 Å². The van der Waals surface area contributed by atoms with Gasteiger partial charge >= 0.3 is 0 Å². The lowest BCUT2D eigenvalue weighted by Crippen LogP contribution is -2.26. The summed E-state index contributed by atoms with van der Waals surface area (Å²) in [6.07, 6.45) is 2.07. The van der Waals surface area contributed by atoms with Crippen molar-refractivity contribution < 1.29 is 9.53 Å². The summed E-state index contributed by atoms with van der Waals surface area (Å²) in [6, 6.07) is 7.54. The van der Waals surface area contributed by atoms with Crippen LogP contribution in [0, 0.1) is 12.8 Å². The predicted octanol–water partition coefficient (Wildman–Crippen LogP) is 1.19. The molecule has 23 heavy (non-hydrogen) atoms. The van der Waals surface area contributed by atoms with Crippen molar-refractivity contribution in [1.82, 2.24) is 25.5 Å². The van der Waals surface area contributed by atoms with Gasteiger partial charge in [-0.15, -0.1) is 5.10 Å². The number of ether oxygens (including phenoxy) is 1. The minimum atomic E-state index is -0.0333. The van der Waals surface area contributed by atoms with E-state index in [0.29, 0.717) is 24.6 Å². The maximum Gasteiger partial charge on any atom is 0.251 e. The van der Waals surface area contributed by atoms with Gasteiger partial charge in [0.2, 0.25) is 0 Å². The first-order valence-electron chi connectivity index (χ1n) is 7.90. The van der Waals surface area contributed by atoms with E-state index in [2.05, 4.69) is 20.8 Å². The Hall–Kier alpha value is -2.28. The molecule has 1 aliphatic rings. The van der Waals surface area contributed by atoms with Gasteiger partial charge in [0.25, 0.3) is 5.91 Å². The summed E-state index contributed by atoms with van der Waals surface area (Å²) < 4.78 is 7.06. The standard InChI is InChI=1S/C16H21N5O2/c1-12-18-19-20-21(12)10-13-2-4-15(5-3-13)16(22)17-8-6-14-7-9-23-11-14/h2-5,14H,6-11H2,1H3,(H,17,22)/t14-/m0/s1. The molecule has 0 spiro atoms. The summed E-state index contributed by atoms with van der Waals surface area (Å²) in [4.78, 5) is 12.1. The van der Waals surface area contributed by atoms with Gasteiger partial charge in [-0.05, 0) is 53.8 Å². The van der Waals surface area contributed by atoms with Crippen LogP contribution in [0.5, 0.6) is 0 Å². The van der Waals surface area contributed by atoms with Crippen molar-refractivity contribution in [2.75, 3.05) is 19.8 Å². The van der Waals surface area contributed by atoms with Crippen LogP contribution in [0.15, 0.2) is 24.3 Å². The smallest absolute Gasteiger partial charge is 0.251 e. The summed E-state index contributed by atoms with van der Waals surface area (Å²) in [5.41, 5.74) is 1.73. The van der Waals surface area contributed by atoms with Gasteiger partial charge in [0.15, 0.2) is 0 Å². The molecule has 1 atom stereocenters. The third-order valence-corrected chi connectivity index (χ3v) is 4.12. The van der Waals surface area contributed by atoms with Crippen LogP contribution in [0.25, 0.3) is 0 Å². The first-order valence-corrected chi connectivity index (χ1v) is 7.90. The van der Waals surface area contributed by atoms with Crippen LogP contribution in [-0.2, 0) is 11.3 Å². The number of aryl methyl sites for hydroxylation is 1. The maximum atomic E-state index is 12.1. The maximum absolute atomic E-state index is 12.1. The molecule has 1 aromatic heterocycles. The van der Waals surface area contributed by atoms with Crippen LogP contribution in [0.3, 0.4) is 0 Å². The van der Waals surface area contributed by atoms with Gasteiger partial charge < -0.3 is 10.1 Å². The van der Waals surface area contributed by atoms with Crippen LogP contribution in [0.2, 0.25) is 0 Å². The van der Waals surface area contributed by atoms with E-state index in [1.54, 1.807) is 4.68 Å². The van der Waals surface area contributed by atoms with E-state index in [1.807, 2.05) is 31.2 Å². The number of nitrogens with one attached hydrogen (secondary N) is 1. The summed E-state index contributed by atoms with van der Waals surface area (Å²) in [7, 11) is 0. The number of carbonyl (C=O) groups excluding carboxylic acids is 1. The monoisotopic (exact) mass is 315 g/mol. The highest BCUT2D eigenvalue weighted by Gasteiger charge is 2.15. The Morgan fingerprint density at radius 1 is 1.39 bits per heavy atom. The zero-order valence-corrected chi connectivity index (χ0v) is 13.2. The van der Waals surface area contributed by atoms with E-state index in [-0.39, 0.29) is 5.91 Å². The topological polar surface area (TPSA) is 81.9 Å². The molecule has 1 saturated heterocycles. The molecule has 0 radical (unpaired) electrons. The number of amides is 1. The molecular formula is C16H21N5O2. The minimum absolute atomic E-state index is 0.0333. The normalized spacial score (nSPS) is 17.3. The van der Waals surface area contributed by atoms with E-state index in [0.717, 1.165) is 37.4 Å². The van der Waals surface area contributed by atoms with Crippen molar-refractivity contribution in [3.63, 3.8) is 0 Å². The Morgan fingerprint density at radius 3 is 2.87 bits per heavy atom. The highest BCUT2D eigenvalue weighted by molar-refractivity contribution is 5.94. The van der Waals surface area contributed by atoms with Crippen molar-refractivity contribution in [1.29, 1.82) is 0 Å². The zero-order chi connectivity index (χ0) is 16.1. The molecule has 122 valence electrons. The fraction of sp³-hybridized carbons (Fsp3) is 0.500. The largest absolute Gasteiger partial charge is 0.381 e. The summed E-state index contributed by atoms with van der Waals surface area (Å²) in [5, 5.41) is 14.4. The molecule has 7 nitrogen and oxygen atoms in total. The Kier molecular flexibility index (Phi) is 4.97. The second-order valence-electron chi connectivity index (χ2n) is 5.85. The Bertz CT molecular complexity index is 647. The highest BCUT2D eigenvalue weighted by Crippen LogP contribution is 2.15. The lowest BCUT2D eigenvalue weighted by Gasteiger charge is -2.09. The summed E-state index contributed by atoms with van der Waals surface area (Å²) in [6.45, 7) is 4.82. The third-order valence-electron chi connectivity index (χ3n) is 4.12. The van der Waals surface area contributed by atoms with E-state index in [4.69, 9.17) is 4.74 Å². The SMILES string of the molecule is Cc1nnnn1Cc1ccc(C(=O)NCC[C@H]2CCOC2)cc1. The summed E-state index contributed by atoms with van der Waals surface area (Å²) in [5.74, 6) is 1.31. The number of benzene rings is 1. The molecule has 3 rings (SSSR count). The number of hydrogen-bond donors (Lipinski definition) is 1. The van der Waals surface area contributed by atoms with Crippen LogP contribution in [-0.4, -0.2) is 45.9 Å². The van der Waals surface area contributed by atoms with Gasteiger partial charge in [-0.1, -0.05) is 12.1 Å². The zero-order valence-electron chi connectivity index (χ0n) is 13.2. The number of rotatable bonds is 6. The minimum Gasteiger partial charge on any atom is -0.381 e. The number of nitrogens with zero attached hydrogens (tertiary/aromatic N) is 4. The number of carbonyl (C=O) groups is 1. The molecule has 1 amide bonds. The molecule has 0 unspecified atom stereocenters. The van der Waals surface area contributed by atoms with Gasteiger partial charge in [-0.2, -0.15) is 0 Å². The number of aromatic nitrogens is 4. The Balaban J connectivity index is 1.49. The molecule has 0 bridgehead atoms. The molecule has 2 aromatic rings. The number of hydrogen-bond acceptors (Lipinski definition) is 5. The first-order chi connectivity index (χ1) is 11.2. The molecule has 1 aromatic carbocycles. The quantitative estimate of drug-likeness (QED) is 0.866. The van der Waals surface area contributed by atoms with Crippen LogP contribution >= 0.6 is 0 Å². The second kappa shape index (κ2) is 7.32. The second-order valence-corrected chi connectivity index (χ2v) is 5.85. The van der Waals surface area contributed by atoms with Crippen LogP contribution < -0.4 is 5.32 Å². The van der Waals surface area contributed by atoms with E-state index in [9.17, 15) is 4.79 Å². The summed E-state index contributed by atoms with van der Waals surface area (Å²) >= 11 is 0. The molecule has 1 fully saturated rings. The van der Waals surface area contributed by atoms with Crippen LogP contribution in [0.1, 0.15) is 34.6 Å². The average Bonchev–Trinajstić information content (AvgIpc) is 3.21. The van der Waals surface area contributed by atoms with Crippen molar-refractivity contribution in [3.05, 3.63) is 41.2 Å². The van der Waals surface area contributed by atoms with Gasteiger partial charge in [-0.25, -0.2) is 4.68 Å². The molecule has 1 aliphatic heterocycles. The molecule has 2 heterocycles.